The van der Waals surface area contributed by atoms with Gasteiger partial charge in [-0.05, 0) is 44.4 Å². The molecule has 3 aromatic carbocycles. The molecule has 0 radical (unpaired) electrons. The Hall–Kier alpha value is -3.27. The summed E-state index contributed by atoms with van der Waals surface area (Å²) in [5, 5.41) is 0. The van der Waals surface area contributed by atoms with Gasteiger partial charge in [0.15, 0.2) is 24.2 Å². The summed E-state index contributed by atoms with van der Waals surface area (Å²) in [4.78, 5) is 12.2. The van der Waals surface area contributed by atoms with E-state index in [4.69, 9.17) is 52.1 Å². The Kier molecular flexibility index (Phi) is 11.9. The minimum Gasteiger partial charge on any atom is -0.463 e. The van der Waals surface area contributed by atoms with Crippen LogP contribution in [0.5, 0.6) is 0 Å². The van der Waals surface area contributed by atoms with Crippen molar-refractivity contribution >= 4 is 5.97 Å². The van der Waals surface area contributed by atoms with Gasteiger partial charge in [0.25, 0.3) is 0 Å². The first-order chi connectivity index (χ1) is 25.5. The van der Waals surface area contributed by atoms with Gasteiger partial charge in [0, 0.05) is 6.92 Å². The van der Waals surface area contributed by atoms with Crippen molar-refractivity contribution in [1.82, 2.24) is 0 Å². The van der Waals surface area contributed by atoms with Gasteiger partial charge in [0.2, 0.25) is 0 Å². The molecule has 0 saturated carbocycles. The number of rotatable bonds is 14. The van der Waals surface area contributed by atoms with E-state index in [1.807, 2.05) is 119 Å². The van der Waals surface area contributed by atoms with Crippen LogP contribution in [0, 0.1) is 0 Å². The summed E-state index contributed by atoms with van der Waals surface area (Å²) in [7, 11) is 0. The van der Waals surface area contributed by atoms with Gasteiger partial charge < -0.3 is 52.1 Å². The van der Waals surface area contributed by atoms with Crippen LogP contribution in [0.15, 0.2) is 91.0 Å². The van der Waals surface area contributed by atoms with E-state index in [9.17, 15) is 4.79 Å². The Morgan fingerprint density at radius 2 is 1.19 bits per heavy atom. The van der Waals surface area contributed by atoms with Gasteiger partial charge in [-0.25, -0.2) is 0 Å². The monoisotopic (exact) mass is 734 g/mol. The lowest BCUT2D eigenvalue weighted by molar-refractivity contribution is -0.344. The highest BCUT2D eigenvalue weighted by Gasteiger charge is 2.61. The van der Waals surface area contributed by atoms with Gasteiger partial charge in [-0.1, -0.05) is 91.0 Å². The molecular weight excluding hydrogens is 684 g/mol. The first-order valence-electron chi connectivity index (χ1n) is 18.3. The number of carbonyl (C=O) groups excluding carboxylic acids is 1. The maximum absolute atomic E-state index is 12.2. The number of benzene rings is 3. The summed E-state index contributed by atoms with van der Waals surface area (Å²) in [5.41, 5.74) is 2.87. The predicted octanol–water partition coefficient (Wildman–Crippen LogP) is 5.44. The fourth-order valence-electron chi connectivity index (χ4n) is 7.18. The average Bonchev–Trinajstić information content (AvgIpc) is 3.77. The Morgan fingerprint density at radius 3 is 1.72 bits per heavy atom. The standard InChI is InChI=1S/C41H50O12/c1-26(42)43-24-30-32(44-21-27-15-9-6-10-16-27)34(45-22-28-17-11-7-12-18-28)36(46-23-29-19-13-8-14-20-29)38(48-30)50-35-33(31-25-47-40(2,3)51-31)49-39-37(35)52-41(4,5)53-39/h6-20,30-39H,21-25H2,1-5H3/t30-,31+,32-,33-,34+,35+,36-,37-,38-,39-/m1/s1. The molecule has 0 spiro atoms. The number of hydrogen-bond donors (Lipinski definition) is 0. The van der Waals surface area contributed by atoms with E-state index in [1.165, 1.54) is 6.92 Å². The zero-order chi connectivity index (χ0) is 37.0. The quantitative estimate of drug-likeness (QED) is 0.196. The Bertz CT molecular complexity index is 1600. The molecule has 0 bridgehead atoms. The van der Waals surface area contributed by atoms with Crippen molar-refractivity contribution in [2.24, 2.45) is 0 Å². The number of ether oxygens (including phenoxy) is 11. The fraction of sp³-hybridized carbons (Fsp3) is 0.537. The SMILES string of the molecule is CC(=O)OC[C@H]1O[C@H](O[C@@H]2[C@H]3OC(C)(C)O[C@H]3O[C@@H]2[C@@H]2COC(C)(C)O2)[C@H](OCc2ccccc2)[C@@H](OCc2ccccc2)[C@@H]1OCc1ccccc1. The highest BCUT2D eigenvalue weighted by Crippen LogP contribution is 2.43. The molecular formula is C41H50O12. The molecule has 12 nitrogen and oxygen atoms in total. The summed E-state index contributed by atoms with van der Waals surface area (Å²) in [6.45, 7) is 9.65. The van der Waals surface area contributed by atoms with Gasteiger partial charge >= 0.3 is 5.97 Å². The maximum atomic E-state index is 12.2. The molecule has 7 rings (SSSR count). The lowest BCUT2D eigenvalue weighted by Gasteiger charge is -2.46. The van der Waals surface area contributed by atoms with E-state index in [2.05, 4.69) is 0 Å². The molecule has 4 aliphatic heterocycles. The second-order valence-electron chi connectivity index (χ2n) is 14.7. The third-order valence-corrected chi connectivity index (χ3v) is 9.61. The van der Waals surface area contributed by atoms with Crippen LogP contribution in [0.4, 0.5) is 0 Å². The van der Waals surface area contributed by atoms with E-state index < -0.39 is 79.0 Å². The normalized spacial score (nSPS) is 33.1. The zero-order valence-corrected chi connectivity index (χ0v) is 30.9. The maximum Gasteiger partial charge on any atom is 0.302 e. The lowest BCUT2D eigenvalue weighted by atomic mass is 9.97. The molecule has 0 aromatic heterocycles. The Balaban J connectivity index is 1.24. The predicted molar refractivity (Wildman–Crippen MR) is 189 cm³/mol. The highest BCUT2D eigenvalue weighted by molar-refractivity contribution is 5.65. The molecule has 53 heavy (non-hydrogen) atoms. The second-order valence-corrected chi connectivity index (χ2v) is 14.7. The van der Waals surface area contributed by atoms with Crippen LogP contribution < -0.4 is 0 Å². The molecule has 10 atom stereocenters. The topological polar surface area (TPSA) is 119 Å². The van der Waals surface area contributed by atoms with Crippen LogP contribution in [-0.2, 0) is 76.7 Å². The van der Waals surface area contributed by atoms with Crippen molar-refractivity contribution in [3.8, 4) is 0 Å². The lowest BCUT2D eigenvalue weighted by Crippen LogP contribution is -2.63. The largest absolute Gasteiger partial charge is 0.463 e. The Morgan fingerprint density at radius 1 is 0.642 bits per heavy atom. The van der Waals surface area contributed by atoms with E-state index in [1.54, 1.807) is 0 Å². The van der Waals surface area contributed by atoms with Crippen molar-refractivity contribution in [2.75, 3.05) is 13.2 Å². The number of esters is 1. The van der Waals surface area contributed by atoms with E-state index >= 15 is 0 Å². The van der Waals surface area contributed by atoms with Gasteiger partial charge in [0.1, 0.15) is 55.4 Å². The minimum absolute atomic E-state index is 0.109. The molecule has 0 amide bonds. The number of carbonyl (C=O) groups is 1. The van der Waals surface area contributed by atoms with Crippen LogP contribution in [0.3, 0.4) is 0 Å². The molecule has 0 N–H and O–H groups in total. The van der Waals surface area contributed by atoms with Crippen LogP contribution >= 0.6 is 0 Å². The third-order valence-electron chi connectivity index (χ3n) is 9.61. The molecule has 4 aliphatic rings. The summed E-state index contributed by atoms with van der Waals surface area (Å²) < 4.78 is 70.8. The molecule has 4 fully saturated rings. The van der Waals surface area contributed by atoms with Gasteiger partial charge in [-0.2, -0.15) is 0 Å². The zero-order valence-electron chi connectivity index (χ0n) is 30.9. The Labute approximate surface area is 310 Å². The van der Waals surface area contributed by atoms with E-state index in [0.29, 0.717) is 0 Å². The molecule has 12 heteroatoms. The number of hydrogen-bond acceptors (Lipinski definition) is 12. The van der Waals surface area contributed by atoms with Crippen LogP contribution in [-0.4, -0.2) is 92.2 Å². The second kappa shape index (κ2) is 16.6. The molecule has 4 saturated heterocycles. The summed E-state index contributed by atoms with van der Waals surface area (Å²) in [6, 6.07) is 29.5. The molecule has 0 aliphatic carbocycles. The van der Waals surface area contributed by atoms with Gasteiger partial charge in [0.05, 0.1) is 26.4 Å². The highest BCUT2D eigenvalue weighted by atomic mass is 16.9. The molecule has 4 heterocycles. The van der Waals surface area contributed by atoms with Gasteiger partial charge in [-0.15, -0.1) is 0 Å². The summed E-state index contributed by atoms with van der Waals surface area (Å²) >= 11 is 0. The smallest absolute Gasteiger partial charge is 0.302 e. The van der Waals surface area contributed by atoms with Crippen molar-refractivity contribution < 1.29 is 56.9 Å². The van der Waals surface area contributed by atoms with Crippen molar-refractivity contribution in [2.45, 2.75) is 127 Å². The number of fused-ring (bicyclic) bond motifs is 1. The van der Waals surface area contributed by atoms with Crippen molar-refractivity contribution in [3.05, 3.63) is 108 Å². The molecule has 3 aromatic rings. The first-order valence-corrected chi connectivity index (χ1v) is 18.3. The van der Waals surface area contributed by atoms with E-state index in [0.717, 1.165) is 16.7 Å². The summed E-state index contributed by atoms with van der Waals surface area (Å²) in [6.07, 6.45) is -7.37. The first kappa shape index (κ1) is 38.0. The molecule has 286 valence electrons. The van der Waals surface area contributed by atoms with Crippen molar-refractivity contribution in [1.29, 1.82) is 0 Å². The van der Waals surface area contributed by atoms with Crippen LogP contribution in [0.1, 0.15) is 51.3 Å². The summed E-state index contributed by atoms with van der Waals surface area (Å²) in [5.74, 6) is -2.18. The van der Waals surface area contributed by atoms with Crippen molar-refractivity contribution in [3.63, 3.8) is 0 Å². The molecule has 0 unspecified atom stereocenters. The third kappa shape index (κ3) is 9.52. The fourth-order valence-corrected chi connectivity index (χ4v) is 7.18. The van der Waals surface area contributed by atoms with Crippen LogP contribution in [0.2, 0.25) is 0 Å². The average molecular weight is 735 g/mol. The van der Waals surface area contributed by atoms with E-state index in [-0.39, 0.29) is 33.0 Å². The minimum atomic E-state index is -1.06. The van der Waals surface area contributed by atoms with Crippen LogP contribution in [0.25, 0.3) is 0 Å². The van der Waals surface area contributed by atoms with Gasteiger partial charge in [-0.3, -0.25) is 4.79 Å².